The van der Waals surface area contributed by atoms with Crippen LogP contribution in [0.5, 0.6) is 5.75 Å². The predicted molar refractivity (Wildman–Crippen MR) is 146 cm³/mol. The van der Waals surface area contributed by atoms with E-state index in [0.29, 0.717) is 18.0 Å². The number of carbonyl (C=O) groups is 1. The van der Waals surface area contributed by atoms with E-state index < -0.39 is 12.2 Å². The summed E-state index contributed by atoms with van der Waals surface area (Å²) in [7, 11) is 1.57. The van der Waals surface area contributed by atoms with Crippen molar-refractivity contribution in [3.63, 3.8) is 0 Å². The van der Waals surface area contributed by atoms with Crippen LogP contribution in [0.3, 0.4) is 0 Å². The average molecular weight is 529 g/mol. The molecule has 4 unspecified atom stereocenters. The number of urea groups is 1. The number of β-amino-alcohol motifs (C(OH)–C–C–N with tert-alkyl or cyclic N) is 1. The Kier molecular flexibility index (Phi) is 8.10. The second kappa shape index (κ2) is 11.8. The van der Waals surface area contributed by atoms with E-state index >= 15 is 0 Å². The highest BCUT2D eigenvalue weighted by Gasteiger charge is 2.51. The van der Waals surface area contributed by atoms with Gasteiger partial charge in [-0.1, -0.05) is 24.0 Å². The summed E-state index contributed by atoms with van der Waals surface area (Å²) in [5, 5.41) is 34.3. The van der Waals surface area contributed by atoms with Crippen LogP contribution >= 0.6 is 0 Å². The van der Waals surface area contributed by atoms with Gasteiger partial charge >= 0.3 is 6.03 Å². The predicted octanol–water partition coefficient (Wildman–Crippen LogP) is 1.89. The molecule has 9 nitrogen and oxygen atoms in total. The molecule has 3 aromatic rings. The zero-order valence-electron chi connectivity index (χ0n) is 21.6. The van der Waals surface area contributed by atoms with E-state index in [-0.39, 0.29) is 43.7 Å². The summed E-state index contributed by atoms with van der Waals surface area (Å²) < 4.78 is 5.18. The first-order chi connectivity index (χ1) is 19.0. The summed E-state index contributed by atoms with van der Waals surface area (Å²) in [5.41, 5.74) is 3.31. The lowest BCUT2D eigenvalue weighted by Gasteiger charge is -2.58. The van der Waals surface area contributed by atoms with Gasteiger partial charge in [-0.3, -0.25) is 9.88 Å². The van der Waals surface area contributed by atoms with Gasteiger partial charge in [-0.2, -0.15) is 0 Å². The number of anilines is 1. The fourth-order valence-electron chi connectivity index (χ4n) is 5.36. The van der Waals surface area contributed by atoms with Gasteiger partial charge in [0.2, 0.25) is 0 Å². The zero-order valence-corrected chi connectivity index (χ0v) is 21.6. The van der Waals surface area contributed by atoms with E-state index in [2.05, 4.69) is 22.1 Å². The van der Waals surface area contributed by atoms with Gasteiger partial charge in [-0.05, 0) is 54.1 Å². The summed E-state index contributed by atoms with van der Waals surface area (Å²) in [4.78, 5) is 20.8. The molecule has 39 heavy (non-hydrogen) atoms. The Morgan fingerprint density at radius 1 is 1.00 bits per heavy atom. The van der Waals surface area contributed by atoms with E-state index in [1.165, 1.54) is 4.90 Å². The van der Waals surface area contributed by atoms with E-state index in [0.717, 1.165) is 16.7 Å². The lowest BCUT2D eigenvalue weighted by molar-refractivity contribution is -0.112. The molecule has 202 valence electrons. The Labute approximate surface area is 227 Å². The summed E-state index contributed by atoms with van der Waals surface area (Å²) >= 11 is 0. The van der Waals surface area contributed by atoms with Crippen molar-refractivity contribution in [3.05, 3.63) is 89.7 Å². The van der Waals surface area contributed by atoms with Gasteiger partial charge in [0.15, 0.2) is 0 Å². The van der Waals surface area contributed by atoms with Crippen LogP contribution in [0, 0.1) is 11.8 Å². The lowest BCUT2D eigenvalue weighted by Crippen LogP contribution is -2.71. The van der Waals surface area contributed by atoms with Crippen molar-refractivity contribution in [1.29, 1.82) is 0 Å². The molecule has 5 atom stereocenters. The number of methoxy groups -OCH3 is 1. The SMILES string of the molecule is COc1ccc(NC(=O)N2CC(O)C(O)CN3C(C2)C(c2ccc(C#Cc4cccnc4)cc2)[C@H]3CO)cc1. The van der Waals surface area contributed by atoms with Gasteiger partial charge in [0, 0.05) is 60.3 Å². The van der Waals surface area contributed by atoms with E-state index in [1.54, 1.807) is 43.8 Å². The molecule has 2 amide bonds. The molecule has 2 aliphatic heterocycles. The van der Waals surface area contributed by atoms with Crippen LogP contribution in [-0.4, -0.2) is 93.8 Å². The number of aromatic nitrogens is 1. The fourth-order valence-corrected chi connectivity index (χ4v) is 5.36. The maximum absolute atomic E-state index is 13.2. The Bertz CT molecular complexity index is 1320. The molecule has 9 heteroatoms. The highest BCUT2D eigenvalue weighted by Crippen LogP contribution is 2.42. The van der Waals surface area contributed by atoms with Gasteiger partial charge in [0.05, 0.1) is 32.5 Å². The average Bonchev–Trinajstić information content (AvgIpc) is 2.96. The second-order valence-corrected chi connectivity index (χ2v) is 9.85. The number of aliphatic hydroxyl groups excluding tert-OH is 3. The van der Waals surface area contributed by atoms with Crippen molar-refractivity contribution in [2.24, 2.45) is 0 Å². The van der Waals surface area contributed by atoms with Gasteiger partial charge in [-0.25, -0.2) is 4.79 Å². The maximum Gasteiger partial charge on any atom is 0.321 e. The molecule has 2 saturated heterocycles. The minimum absolute atomic E-state index is 0.00707. The summed E-state index contributed by atoms with van der Waals surface area (Å²) in [5.74, 6) is 6.86. The van der Waals surface area contributed by atoms with Crippen molar-refractivity contribution in [1.82, 2.24) is 14.8 Å². The van der Waals surface area contributed by atoms with E-state index in [1.807, 2.05) is 41.3 Å². The van der Waals surface area contributed by atoms with Gasteiger partial charge in [-0.15, -0.1) is 0 Å². The normalized spacial score (nSPS) is 24.7. The smallest absolute Gasteiger partial charge is 0.321 e. The Morgan fingerprint density at radius 2 is 1.72 bits per heavy atom. The molecule has 0 saturated carbocycles. The third-order valence-electron chi connectivity index (χ3n) is 7.46. The molecular formula is C30H32N4O5. The van der Waals surface area contributed by atoms with Gasteiger partial charge in [0.1, 0.15) is 5.75 Å². The van der Waals surface area contributed by atoms with Crippen LogP contribution in [0.15, 0.2) is 73.1 Å². The lowest BCUT2D eigenvalue weighted by atomic mass is 9.74. The topological polar surface area (TPSA) is 118 Å². The van der Waals surface area contributed by atoms with Crippen molar-refractivity contribution >= 4 is 11.7 Å². The molecule has 0 radical (unpaired) electrons. The zero-order chi connectivity index (χ0) is 27.4. The molecule has 1 aromatic heterocycles. The standard InChI is InChI=1S/C30H32N4O5/c1-39-24-12-10-23(11-13-24)32-30(38)33-16-25-29(26(19-35)34(25)18-28(37)27(36)17-33)22-8-6-20(7-9-22)4-5-21-3-2-14-31-15-21/h2-3,6-15,25-29,35-37H,16-19H2,1H3,(H,32,38)/t25?,26-,27?,28?,29?/m1/s1. The first kappa shape index (κ1) is 26.7. The number of hydrogen-bond donors (Lipinski definition) is 4. The van der Waals surface area contributed by atoms with Crippen LogP contribution in [0.4, 0.5) is 10.5 Å². The number of ether oxygens (including phenoxy) is 1. The molecule has 2 fully saturated rings. The Hall–Kier alpha value is -3.94. The molecule has 2 aliphatic rings. The van der Waals surface area contributed by atoms with E-state index in [9.17, 15) is 20.1 Å². The highest BCUT2D eigenvalue weighted by molar-refractivity contribution is 5.89. The van der Waals surface area contributed by atoms with Crippen LogP contribution in [-0.2, 0) is 0 Å². The number of rotatable bonds is 4. The molecule has 0 bridgehead atoms. The van der Waals surface area contributed by atoms with Crippen LogP contribution < -0.4 is 10.1 Å². The van der Waals surface area contributed by atoms with Crippen molar-refractivity contribution in [3.8, 4) is 17.6 Å². The summed E-state index contributed by atoms with van der Waals surface area (Å²) in [6.07, 6.45) is 1.26. The molecule has 0 spiro atoms. The van der Waals surface area contributed by atoms with Crippen molar-refractivity contribution < 1.29 is 24.9 Å². The summed E-state index contributed by atoms with van der Waals surface area (Å²) in [6.45, 7) is 0.434. The molecule has 3 heterocycles. The number of amides is 2. The minimum atomic E-state index is -1.11. The fraction of sp³-hybridized carbons (Fsp3) is 0.333. The number of nitrogens with zero attached hydrogens (tertiary/aromatic N) is 3. The molecule has 0 aliphatic carbocycles. The number of carbonyl (C=O) groups excluding carboxylic acids is 1. The van der Waals surface area contributed by atoms with Crippen molar-refractivity contribution in [2.45, 2.75) is 30.2 Å². The minimum Gasteiger partial charge on any atom is -0.497 e. The Morgan fingerprint density at radius 3 is 2.38 bits per heavy atom. The maximum atomic E-state index is 13.2. The highest BCUT2D eigenvalue weighted by atomic mass is 16.5. The first-order valence-electron chi connectivity index (χ1n) is 12.9. The number of nitrogens with one attached hydrogen (secondary N) is 1. The molecular weight excluding hydrogens is 496 g/mol. The third-order valence-corrected chi connectivity index (χ3v) is 7.46. The molecule has 2 aromatic carbocycles. The van der Waals surface area contributed by atoms with Crippen LogP contribution in [0.1, 0.15) is 22.6 Å². The Balaban J connectivity index is 1.35. The van der Waals surface area contributed by atoms with Crippen LogP contribution in [0.2, 0.25) is 0 Å². The first-order valence-corrected chi connectivity index (χ1v) is 12.9. The van der Waals surface area contributed by atoms with Gasteiger partial charge in [0.25, 0.3) is 0 Å². The van der Waals surface area contributed by atoms with E-state index in [4.69, 9.17) is 4.74 Å². The number of pyridine rings is 1. The quantitative estimate of drug-likeness (QED) is 0.382. The number of aliphatic hydroxyl groups is 3. The number of hydrogen-bond acceptors (Lipinski definition) is 7. The third kappa shape index (κ3) is 5.90. The monoisotopic (exact) mass is 528 g/mol. The second-order valence-electron chi connectivity index (χ2n) is 9.85. The van der Waals surface area contributed by atoms with Gasteiger partial charge < -0.3 is 30.3 Å². The van der Waals surface area contributed by atoms with Crippen LogP contribution in [0.25, 0.3) is 0 Å². The summed E-state index contributed by atoms with van der Waals surface area (Å²) in [6, 6.07) is 17.9. The number of benzene rings is 2. The van der Waals surface area contributed by atoms with Crippen molar-refractivity contribution in [2.75, 3.05) is 38.7 Å². The number of fused-ring (bicyclic) bond motifs is 1. The molecule has 5 rings (SSSR count). The largest absolute Gasteiger partial charge is 0.497 e. The molecule has 4 N–H and O–H groups in total.